The minimum Gasteiger partial charge on any atom is -0.479 e. The lowest BCUT2D eigenvalue weighted by atomic mass is 10.1. The van der Waals surface area contributed by atoms with E-state index >= 15 is 0 Å². The molecule has 0 aliphatic rings. The highest BCUT2D eigenvalue weighted by molar-refractivity contribution is 5.74. The summed E-state index contributed by atoms with van der Waals surface area (Å²) in [4.78, 5) is 10.9. The summed E-state index contributed by atoms with van der Waals surface area (Å²) in [5, 5.41) is 17.3. The first-order valence-corrected chi connectivity index (χ1v) is 5.08. The lowest BCUT2D eigenvalue weighted by Gasteiger charge is -2.15. The maximum absolute atomic E-state index is 13.1. The molecule has 0 saturated carbocycles. The summed E-state index contributed by atoms with van der Waals surface area (Å²) in [6, 6.07) is 1.40. The molecular formula is C11H10F4O4. The molecule has 0 amide bonds. The number of aliphatic hydroxyl groups is 1. The zero-order chi connectivity index (χ0) is 14.6. The number of carboxylic acid groups (broad SMARTS) is 1. The quantitative estimate of drug-likeness (QED) is 0.810. The third-order valence-corrected chi connectivity index (χ3v) is 2.15. The van der Waals surface area contributed by atoms with Gasteiger partial charge in [0.2, 0.25) is 0 Å². The van der Waals surface area contributed by atoms with Crippen molar-refractivity contribution in [3.63, 3.8) is 0 Å². The molecule has 4 nitrogen and oxygen atoms in total. The van der Waals surface area contributed by atoms with Gasteiger partial charge in [-0.1, -0.05) is 0 Å². The average molecular weight is 282 g/mol. The molecule has 0 spiro atoms. The zero-order valence-electron chi connectivity index (χ0n) is 9.45. The maximum atomic E-state index is 13.1. The highest BCUT2D eigenvalue weighted by Crippen LogP contribution is 2.32. The van der Waals surface area contributed by atoms with Crippen molar-refractivity contribution < 1.29 is 37.3 Å². The van der Waals surface area contributed by atoms with Gasteiger partial charge in [0.15, 0.2) is 6.10 Å². The Kier molecular flexibility index (Phi) is 4.84. The van der Waals surface area contributed by atoms with Crippen LogP contribution in [0.4, 0.5) is 17.6 Å². The summed E-state index contributed by atoms with van der Waals surface area (Å²) in [6.45, 7) is -0.903. The lowest BCUT2D eigenvalue weighted by molar-refractivity contribution is -0.152. The van der Waals surface area contributed by atoms with E-state index in [2.05, 4.69) is 4.74 Å². The van der Waals surface area contributed by atoms with E-state index in [0.717, 1.165) is 0 Å². The largest absolute Gasteiger partial charge is 0.479 e. The molecule has 19 heavy (non-hydrogen) atoms. The Bertz CT molecular complexity index is 458. The number of halogens is 4. The number of hydrogen-bond donors (Lipinski definition) is 2. The molecule has 106 valence electrons. The van der Waals surface area contributed by atoms with Gasteiger partial charge in [0.25, 0.3) is 0 Å². The van der Waals surface area contributed by atoms with E-state index in [1.807, 2.05) is 0 Å². The van der Waals surface area contributed by atoms with Crippen LogP contribution in [0, 0.1) is 5.82 Å². The van der Waals surface area contributed by atoms with Gasteiger partial charge in [0.1, 0.15) is 5.82 Å². The van der Waals surface area contributed by atoms with Crippen LogP contribution in [0.3, 0.4) is 0 Å². The first-order chi connectivity index (χ1) is 8.75. The predicted molar refractivity (Wildman–Crippen MR) is 54.8 cm³/mol. The van der Waals surface area contributed by atoms with Gasteiger partial charge in [-0.2, -0.15) is 13.2 Å². The average Bonchev–Trinajstić information content (AvgIpc) is 2.27. The van der Waals surface area contributed by atoms with E-state index in [9.17, 15) is 22.4 Å². The molecule has 8 heteroatoms. The third-order valence-electron chi connectivity index (χ3n) is 2.15. The van der Waals surface area contributed by atoms with Crippen molar-refractivity contribution in [1.29, 1.82) is 0 Å². The van der Waals surface area contributed by atoms with E-state index in [-0.39, 0.29) is 6.07 Å². The number of aliphatic carboxylic acids is 1. The van der Waals surface area contributed by atoms with Gasteiger partial charge < -0.3 is 14.9 Å². The number of benzene rings is 1. The van der Waals surface area contributed by atoms with Gasteiger partial charge >= 0.3 is 12.1 Å². The van der Waals surface area contributed by atoms with E-state index in [4.69, 9.17) is 10.2 Å². The van der Waals surface area contributed by atoms with Crippen molar-refractivity contribution in [1.82, 2.24) is 0 Å². The van der Waals surface area contributed by atoms with Gasteiger partial charge in [-0.25, -0.2) is 9.18 Å². The minimum atomic E-state index is -4.79. The van der Waals surface area contributed by atoms with Crippen molar-refractivity contribution in [2.75, 3.05) is 13.2 Å². The summed E-state index contributed by atoms with van der Waals surface area (Å²) in [7, 11) is 0. The maximum Gasteiger partial charge on any atom is 0.416 e. The number of carbonyl (C=O) groups is 1. The fourth-order valence-electron chi connectivity index (χ4n) is 1.41. The number of ether oxygens (including phenoxy) is 1. The second kappa shape index (κ2) is 5.98. The standard InChI is InChI=1S/C11H10F4O4/c12-8-4-6(3-7(5-8)11(13,14)15)9(10(17)18)19-2-1-16/h3-5,9,16H,1-2H2,(H,17,18). The molecular weight excluding hydrogens is 272 g/mol. The van der Waals surface area contributed by atoms with Gasteiger partial charge in [-0.05, 0) is 23.8 Å². The van der Waals surface area contributed by atoms with Crippen LogP contribution in [0.15, 0.2) is 18.2 Å². The molecule has 2 N–H and O–H groups in total. The predicted octanol–water partition coefficient (Wildman–Crippen LogP) is 1.98. The van der Waals surface area contributed by atoms with Crippen LogP contribution in [-0.4, -0.2) is 29.4 Å². The molecule has 0 aliphatic carbocycles. The lowest BCUT2D eigenvalue weighted by Crippen LogP contribution is -2.18. The molecule has 0 heterocycles. The summed E-state index contributed by atoms with van der Waals surface area (Å²) < 4.78 is 55.2. The summed E-state index contributed by atoms with van der Waals surface area (Å²) in [5.41, 5.74) is -1.78. The van der Waals surface area contributed by atoms with Crippen molar-refractivity contribution >= 4 is 5.97 Å². The van der Waals surface area contributed by atoms with E-state index in [0.29, 0.717) is 12.1 Å². The fourth-order valence-corrected chi connectivity index (χ4v) is 1.41. The molecule has 0 aliphatic heterocycles. The second-order valence-corrected chi connectivity index (χ2v) is 3.58. The first-order valence-electron chi connectivity index (χ1n) is 5.08. The van der Waals surface area contributed by atoms with Crippen LogP contribution in [-0.2, 0) is 15.7 Å². The highest BCUT2D eigenvalue weighted by atomic mass is 19.4. The van der Waals surface area contributed by atoms with Crippen molar-refractivity contribution in [3.05, 3.63) is 35.1 Å². The van der Waals surface area contributed by atoms with Crippen LogP contribution in [0.5, 0.6) is 0 Å². The smallest absolute Gasteiger partial charge is 0.416 e. The molecule has 0 aromatic heterocycles. The van der Waals surface area contributed by atoms with Gasteiger partial charge in [0, 0.05) is 0 Å². The molecule has 1 aromatic rings. The topological polar surface area (TPSA) is 66.8 Å². The van der Waals surface area contributed by atoms with Crippen molar-refractivity contribution in [2.24, 2.45) is 0 Å². The van der Waals surface area contributed by atoms with E-state index < -0.39 is 48.4 Å². The zero-order valence-corrected chi connectivity index (χ0v) is 9.45. The number of alkyl halides is 3. The van der Waals surface area contributed by atoms with Gasteiger partial charge in [-0.15, -0.1) is 0 Å². The van der Waals surface area contributed by atoms with Crippen LogP contribution in [0.2, 0.25) is 0 Å². The van der Waals surface area contributed by atoms with Gasteiger partial charge in [-0.3, -0.25) is 0 Å². The third kappa shape index (κ3) is 4.18. The molecule has 0 bridgehead atoms. The molecule has 0 fully saturated rings. The fraction of sp³-hybridized carbons (Fsp3) is 0.364. The minimum absolute atomic E-state index is 0.258. The Labute approximate surface area is 105 Å². The van der Waals surface area contributed by atoms with E-state index in [1.165, 1.54) is 0 Å². The summed E-state index contributed by atoms with van der Waals surface area (Å²) >= 11 is 0. The van der Waals surface area contributed by atoms with Crippen LogP contribution in [0.1, 0.15) is 17.2 Å². The normalized spacial score (nSPS) is 13.3. The Hall–Kier alpha value is -1.67. The highest BCUT2D eigenvalue weighted by Gasteiger charge is 2.33. The van der Waals surface area contributed by atoms with Crippen molar-refractivity contribution in [2.45, 2.75) is 12.3 Å². The number of rotatable bonds is 5. The SMILES string of the molecule is O=C(O)C(OCCO)c1cc(F)cc(C(F)(F)F)c1. The monoisotopic (exact) mass is 282 g/mol. The van der Waals surface area contributed by atoms with E-state index in [1.54, 1.807) is 0 Å². The van der Waals surface area contributed by atoms with Crippen LogP contribution >= 0.6 is 0 Å². The summed E-state index contributed by atoms with van der Waals surface area (Å²) in [5.74, 6) is -2.80. The Morgan fingerprint density at radius 2 is 1.95 bits per heavy atom. The molecule has 0 radical (unpaired) electrons. The second-order valence-electron chi connectivity index (χ2n) is 3.58. The Morgan fingerprint density at radius 1 is 1.32 bits per heavy atom. The van der Waals surface area contributed by atoms with Crippen LogP contribution < -0.4 is 0 Å². The molecule has 1 unspecified atom stereocenters. The molecule has 1 rings (SSSR count). The number of aliphatic hydroxyl groups excluding tert-OH is 1. The Morgan fingerprint density at radius 3 is 2.42 bits per heavy atom. The van der Waals surface area contributed by atoms with Crippen molar-refractivity contribution in [3.8, 4) is 0 Å². The van der Waals surface area contributed by atoms with Crippen LogP contribution in [0.25, 0.3) is 0 Å². The number of carboxylic acids is 1. The summed E-state index contributed by atoms with van der Waals surface area (Å²) in [6.07, 6.45) is -6.57. The number of hydrogen-bond acceptors (Lipinski definition) is 3. The Balaban J connectivity index is 3.16. The molecule has 0 saturated heterocycles. The first kappa shape index (κ1) is 15.4. The van der Waals surface area contributed by atoms with Gasteiger partial charge in [0.05, 0.1) is 18.8 Å². The molecule has 1 atom stereocenters. The molecule has 1 aromatic carbocycles.